The Balaban J connectivity index is 1.43. The predicted octanol–water partition coefficient (Wildman–Crippen LogP) is 5.38. The van der Waals surface area contributed by atoms with E-state index in [-0.39, 0.29) is 12.1 Å². The minimum atomic E-state index is -0.559. The van der Waals surface area contributed by atoms with Crippen LogP contribution in [0.1, 0.15) is 61.9 Å². The first-order chi connectivity index (χ1) is 18.8. The van der Waals surface area contributed by atoms with Gasteiger partial charge >= 0.3 is 6.09 Å². The number of H-pyrrole nitrogens is 1. The summed E-state index contributed by atoms with van der Waals surface area (Å²) in [4.78, 5) is 25.8. The van der Waals surface area contributed by atoms with Gasteiger partial charge in [-0.05, 0) is 86.9 Å². The molecule has 5 heterocycles. The molecular weight excluding hydrogens is 492 g/mol. The number of hydrogen-bond donors (Lipinski definition) is 1. The maximum absolute atomic E-state index is 13.4. The van der Waals surface area contributed by atoms with E-state index in [2.05, 4.69) is 35.0 Å². The molecule has 0 bridgehead atoms. The van der Waals surface area contributed by atoms with E-state index >= 15 is 0 Å². The fourth-order valence-electron chi connectivity index (χ4n) is 6.24. The molecule has 2 fully saturated rings. The number of morpholine rings is 1. The van der Waals surface area contributed by atoms with Gasteiger partial charge in [0.25, 0.3) is 0 Å². The van der Waals surface area contributed by atoms with Crippen molar-refractivity contribution in [3.05, 3.63) is 52.8 Å². The molecule has 0 aliphatic carbocycles. The summed E-state index contributed by atoms with van der Waals surface area (Å²) in [6, 6.07) is 7.16. The molecule has 2 aromatic heterocycles. The highest BCUT2D eigenvalue weighted by Crippen LogP contribution is 2.38. The van der Waals surface area contributed by atoms with Crippen LogP contribution in [0.2, 0.25) is 0 Å². The molecule has 1 N–H and O–H groups in total. The van der Waals surface area contributed by atoms with E-state index in [4.69, 9.17) is 19.2 Å². The first-order valence-electron chi connectivity index (χ1n) is 14.3. The number of aromatic amines is 1. The highest BCUT2D eigenvalue weighted by molar-refractivity contribution is 5.84. The van der Waals surface area contributed by atoms with Crippen molar-refractivity contribution in [2.75, 3.05) is 39.5 Å². The number of amides is 1. The monoisotopic (exact) mass is 532 g/mol. The fraction of sp³-hybridized carbons (Fsp3) is 0.548. The van der Waals surface area contributed by atoms with Crippen LogP contribution in [0.25, 0.3) is 22.2 Å². The number of aromatic nitrogens is 2. The van der Waals surface area contributed by atoms with Crippen LogP contribution in [-0.4, -0.2) is 77.0 Å². The number of nitrogens with one attached hydrogen (secondary N) is 1. The Hall–Kier alpha value is -2.94. The molecule has 0 saturated carbocycles. The van der Waals surface area contributed by atoms with Gasteiger partial charge in [-0.1, -0.05) is 6.07 Å². The lowest BCUT2D eigenvalue weighted by atomic mass is 9.86. The SMILES string of the molecule is Cc1c[nH]c2ncc(-c3cc4c(c([C@@H]5COCCN5C(=O)OC(C)(C)C)c3)CN(C3CCOCC3)CC4)cc12. The van der Waals surface area contributed by atoms with Gasteiger partial charge in [0.1, 0.15) is 11.2 Å². The second kappa shape index (κ2) is 10.6. The van der Waals surface area contributed by atoms with Crippen molar-refractivity contribution in [3.8, 4) is 11.1 Å². The zero-order valence-electron chi connectivity index (χ0n) is 23.6. The van der Waals surface area contributed by atoms with E-state index in [1.807, 2.05) is 38.1 Å². The third-order valence-corrected chi connectivity index (χ3v) is 8.30. The molecule has 3 aromatic rings. The topological polar surface area (TPSA) is 79.9 Å². The first kappa shape index (κ1) is 26.3. The van der Waals surface area contributed by atoms with Crippen LogP contribution in [0.4, 0.5) is 4.79 Å². The van der Waals surface area contributed by atoms with Gasteiger partial charge < -0.3 is 19.2 Å². The molecule has 8 nitrogen and oxygen atoms in total. The molecule has 1 atom stereocenters. The summed E-state index contributed by atoms with van der Waals surface area (Å²) in [6.45, 7) is 12.9. The van der Waals surface area contributed by atoms with Gasteiger partial charge in [-0.3, -0.25) is 9.80 Å². The van der Waals surface area contributed by atoms with Crippen LogP contribution in [0.15, 0.2) is 30.6 Å². The van der Waals surface area contributed by atoms with Crippen LogP contribution in [0.3, 0.4) is 0 Å². The highest BCUT2D eigenvalue weighted by atomic mass is 16.6. The number of aryl methyl sites for hydroxylation is 1. The molecule has 6 rings (SSSR count). The molecule has 3 aliphatic heterocycles. The van der Waals surface area contributed by atoms with E-state index in [1.54, 1.807) is 0 Å². The molecule has 1 amide bonds. The number of ether oxygens (including phenoxy) is 3. The summed E-state index contributed by atoms with van der Waals surface area (Å²) in [7, 11) is 0. The number of carbonyl (C=O) groups excluding carboxylic acids is 1. The molecule has 8 heteroatoms. The summed E-state index contributed by atoms with van der Waals surface area (Å²) in [5.74, 6) is 0. The number of fused-ring (bicyclic) bond motifs is 2. The van der Waals surface area contributed by atoms with Crippen molar-refractivity contribution in [3.63, 3.8) is 0 Å². The van der Waals surface area contributed by atoms with Gasteiger partial charge in [-0.15, -0.1) is 0 Å². The van der Waals surface area contributed by atoms with E-state index in [0.29, 0.717) is 25.8 Å². The quantitative estimate of drug-likeness (QED) is 0.488. The Bertz CT molecular complexity index is 1350. The molecule has 208 valence electrons. The molecule has 2 saturated heterocycles. The molecule has 39 heavy (non-hydrogen) atoms. The maximum atomic E-state index is 13.4. The third kappa shape index (κ3) is 5.42. The number of pyridine rings is 1. The van der Waals surface area contributed by atoms with Gasteiger partial charge in [-0.2, -0.15) is 0 Å². The second-order valence-electron chi connectivity index (χ2n) is 12.1. The lowest BCUT2D eigenvalue weighted by Crippen LogP contribution is -2.47. The Morgan fingerprint density at radius 1 is 1.08 bits per heavy atom. The van der Waals surface area contributed by atoms with Crippen LogP contribution in [-0.2, 0) is 27.2 Å². The number of nitrogens with zero attached hydrogens (tertiary/aromatic N) is 3. The molecule has 1 aromatic carbocycles. The smallest absolute Gasteiger partial charge is 0.410 e. The lowest BCUT2D eigenvalue weighted by molar-refractivity contribution is -0.0336. The van der Waals surface area contributed by atoms with Crippen molar-refractivity contribution in [1.82, 2.24) is 19.8 Å². The second-order valence-corrected chi connectivity index (χ2v) is 12.1. The average Bonchev–Trinajstić information content (AvgIpc) is 3.31. The third-order valence-electron chi connectivity index (χ3n) is 8.30. The van der Waals surface area contributed by atoms with Gasteiger partial charge in [0, 0.05) is 62.2 Å². The summed E-state index contributed by atoms with van der Waals surface area (Å²) in [6.07, 6.45) is 6.79. The molecule has 0 unspecified atom stereocenters. The Labute approximate surface area is 230 Å². The summed E-state index contributed by atoms with van der Waals surface area (Å²) < 4.78 is 17.5. The summed E-state index contributed by atoms with van der Waals surface area (Å²) >= 11 is 0. The highest BCUT2D eigenvalue weighted by Gasteiger charge is 2.36. The molecule has 0 spiro atoms. The number of benzene rings is 1. The van der Waals surface area contributed by atoms with Gasteiger partial charge in [0.05, 0.1) is 19.3 Å². The Morgan fingerprint density at radius 3 is 2.69 bits per heavy atom. The van der Waals surface area contributed by atoms with E-state index in [9.17, 15) is 4.79 Å². The zero-order valence-corrected chi connectivity index (χ0v) is 23.6. The van der Waals surface area contributed by atoms with Crippen molar-refractivity contribution >= 4 is 17.1 Å². The van der Waals surface area contributed by atoms with E-state index < -0.39 is 5.60 Å². The van der Waals surface area contributed by atoms with Crippen molar-refractivity contribution in [2.45, 2.75) is 71.2 Å². The number of rotatable bonds is 3. The van der Waals surface area contributed by atoms with E-state index in [1.165, 1.54) is 16.7 Å². The molecular formula is C31H40N4O4. The number of hydrogen-bond acceptors (Lipinski definition) is 6. The zero-order chi connectivity index (χ0) is 27.1. The minimum absolute atomic E-state index is 0.206. The standard InChI is InChI=1S/C31H40N4O4/c1-20-16-32-29-25(20)15-23(17-33-29)22-13-21-5-8-34(24-6-10-37-11-7-24)18-27(21)26(14-22)28-19-38-12-9-35(28)30(36)39-31(2,3)4/h13-17,24,28H,5-12,18-19H2,1-4H3,(H,32,33)/t28-/m0/s1. The molecule has 3 aliphatic rings. The van der Waals surface area contributed by atoms with Crippen LogP contribution in [0, 0.1) is 6.92 Å². The van der Waals surface area contributed by atoms with Gasteiger partial charge in [0.15, 0.2) is 0 Å². The minimum Gasteiger partial charge on any atom is -0.444 e. The largest absolute Gasteiger partial charge is 0.444 e. The predicted molar refractivity (Wildman–Crippen MR) is 151 cm³/mol. The van der Waals surface area contributed by atoms with Gasteiger partial charge in [-0.25, -0.2) is 9.78 Å². The Kier molecular flexibility index (Phi) is 7.12. The summed E-state index contributed by atoms with van der Waals surface area (Å²) in [5.41, 5.74) is 7.58. The van der Waals surface area contributed by atoms with Crippen molar-refractivity contribution < 1.29 is 19.0 Å². The Morgan fingerprint density at radius 2 is 1.90 bits per heavy atom. The fourth-order valence-corrected chi connectivity index (χ4v) is 6.24. The lowest BCUT2D eigenvalue weighted by Gasteiger charge is -2.41. The van der Waals surface area contributed by atoms with Gasteiger partial charge in [0.2, 0.25) is 0 Å². The van der Waals surface area contributed by atoms with Crippen molar-refractivity contribution in [2.24, 2.45) is 0 Å². The average molecular weight is 533 g/mol. The number of carbonyl (C=O) groups is 1. The normalized spacial score (nSPS) is 21.2. The molecule has 0 radical (unpaired) electrons. The van der Waals surface area contributed by atoms with Crippen LogP contribution >= 0.6 is 0 Å². The maximum Gasteiger partial charge on any atom is 0.410 e. The van der Waals surface area contributed by atoms with E-state index in [0.717, 1.165) is 73.3 Å². The van der Waals surface area contributed by atoms with Crippen LogP contribution in [0.5, 0.6) is 0 Å². The van der Waals surface area contributed by atoms with Crippen LogP contribution < -0.4 is 0 Å². The summed E-state index contributed by atoms with van der Waals surface area (Å²) in [5, 5.41) is 1.13. The van der Waals surface area contributed by atoms with Crippen molar-refractivity contribution in [1.29, 1.82) is 0 Å². The first-order valence-corrected chi connectivity index (χ1v) is 14.3.